The van der Waals surface area contributed by atoms with Crippen LogP contribution >= 0.6 is 0 Å². The summed E-state index contributed by atoms with van der Waals surface area (Å²) in [6.07, 6.45) is 2.49. The number of nitrogens with zero attached hydrogens (tertiary/aromatic N) is 5. The Morgan fingerprint density at radius 2 is 1.96 bits per heavy atom. The average Bonchev–Trinajstić information content (AvgIpc) is 3.03. The minimum Gasteiger partial charge on any atom is -0.294 e. The zero-order valence-electron chi connectivity index (χ0n) is 14.9. The van der Waals surface area contributed by atoms with Gasteiger partial charge in [-0.3, -0.25) is 14.3 Å². The van der Waals surface area contributed by atoms with Crippen LogP contribution in [0.5, 0.6) is 0 Å². The summed E-state index contributed by atoms with van der Waals surface area (Å²) in [4.78, 5) is 20.2. The monoisotopic (exact) mass is 337 g/mol. The van der Waals surface area contributed by atoms with Crippen molar-refractivity contribution in [2.45, 2.75) is 38.9 Å². The van der Waals surface area contributed by atoms with Crippen molar-refractivity contribution in [3.05, 3.63) is 58.3 Å². The van der Waals surface area contributed by atoms with Crippen molar-refractivity contribution < 1.29 is 0 Å². The Hall–Kier alpha value is -2.47. The first kappa shape index (κ1) is 16.0. The van der Waals surface area contributed by atoms with Crippen molar-refractivity contribution in [1.29, 1.82) is 0 Å². The van der Waals surface area contributed by atoms with Crippen LogP contribution in [0.3, 0.4) is 0 Å². The lowest BCUT2D eigenvalue weighted by molar-refractivity contribution is 0.185. The van der Waals surface area contributed by atoms with Gasteiger partial charge in [-0.2, -0.15) is 5.10 Å². The molecule has 1 aliphatic heterocycles. The highest BCUT2D eigenvalue weighted by Crippen LogP contribution is 2.27. The topological polar surface area (TPSA) is 56.0 Å². The first-order chi connectivity index (χ1) is 12.1. The maximum absolute atomic E-state index is 13.0. The Balaban J connectivity index is 1.87. The summed E-state index contributed by atoms with van der Waals surface area (Å²) < 4.78 is 3.67. The van der Waals surface area contributed by atoms with Crippen molar-refractivity contribution in [3.63, 3.8) is 0 Å². The van der Waals surface area contributed by atoms with E-state index in [9.17, 15) is 4.79 Å². The lowest BCUT2D eigenvalue weighted by atomic mass is 10.0. The van der Waals surface area contributed by atoms with Crippen LogP contribution in [0.15, 0.2) is 41.3 Å². The van der Waals surface area contributed by atoms with E-state index in [1.807, 2.05) is 15.3 Å². The third-order valence-corrected chi connectivity index (χ3v) is 5.01. The summed E-state index contributed by atoms with van der Waals surface area (Å²) >= 11 is 0. The summed E-state index contributed by atoms with van der Waals surface area (Å²) in [5.74, 6) is 0.845. The van der Waals surface area contributed by atoms with Gasteiger partial charge in [0, 0.05) is 19.1 Å². The zero-order valence-corrected chi connectivity index (χ0v) is 14.9. The third-order valence-electron chi connectivity index (χ3n) is 5.01. The highest BCUT2D eigenvalue weighted by Gasteiger charge is 2.29. The van der Waals surface area contributed by atoms with E-state index in [-0.39, 0.29) is 17.6 Å². The maximum atomic E-state index is 13.0. The highest BCUT2D eigenvalue weighted by atomic mass is 16.1. The number of rotatable bonds is 3. The first-order valence-electron chi connectivity index (χ1n) is 8.78. The highest BCUT2D eigenvalue weighted by molar-refractivity contribution is 5.73. The van der Waals surface area contributed by atoms with Gasteiger partial charge in [0.1, 0.15) is 11.2 Å². The van der Waals surface area contributed by atoms with Crippen LogP contribution < -0.4 is 5.56 Å². The Labute approximate surface area is 146 Å². The molecule has 3 heterocycles. The second-order valence-electron chi connectivity index (χ2n) is 7.03. The van der Waals surface area contributed by atoms with Gasteiger partial charge in [-0.25, -0.2) is 9.67 Å². The van der Waals surface area contributed by atoms with Crippen molar-refractivity contribution >= 4 is 11.0 Å². The van der Waals surface area contributed by atoms with E-state index >= 15 is 0 Å². The van der Waals surface area contributed by atoms with Gasteiger partial charge in [0.15, 0.2) is 5.65 Å². The van der Waals surface area contributed by atoms with Gasteiger partial charge in [-0.05, 0) is 32.9 Å². The molecule has 0 spiro atoms. The van der Waals surface area contributed by atoms with Crippen molar-refractivity contribution in [3.8, 4) is 0 Å². The van der Waals surface area contributed by atoms with E-state index in [0.29, 0.717) is 17.6 Å². The molecule has 1 aliphatic rings. The van der Waals surface area contributed by atoms with Crippen molar-refractivity contribution in [2.75, 3.05) is 13.6 Å². The van der Waals surface area contributed by atoms with Crippen LogP contribution in [-0.2, 0) is 13.0 Å². The average molecular weight is 337 g/mol. The second-order valence-corrected chi connectivity index (χ2v) is 7.03. The van der Waals surface area contributed by atoms with Crippen LogP contribution in [-0.4, -0.2) is 37.8 Å². The van der Waals surface area contributed by atoms with Crippen LogP contribution in [0.1, 0.15) is 37.3 Å². The fourth-order valence-corrected chi connectivity index (χ4v) is 3.58. The fourth-order valence-electron chi connectivity index (χ4n) is 3.58. The minimum absolute atomic E-state index is 0.0260. The standard InChI is InChI=1S/C19H23N5O/c1-13(2)24-17-15(12-20-24)19(25)23-10-9-22(3)16(18(23)21-17)11-14-7-5-4-6-8-14/h4-8,12-13,16H,9-11H2,1-3H3. The molecule has 4 rings (SSSR count). The predicted molar refractivity (Wildman–Crippen MR) is 97.7 cm³/mol. The van der Waals surface area contributed by atoms with Gasteiger partial charge < -0.3 is 0 Å². The number of hydrogen-bond acceptors (Lipinski definition) is 4. The molecule has 0 radical (unpaired) electrons. The van der Waals surface area contributed by atoms with E-state index in [4.69, 9.17) is 4.98 Å². The summed E-state index contributed by atoms with van der Waals surface area (Å²) in [5.41, 5.74) is 1.97. The molecule has 0 N–H and O–H groups in total. The van der Waals surface area contributed by atoms with Gasteiger partial charge >= 0.3 is 0 Å². The summed E-state index contributed by atoms with van der Waals surface area (Å²) in [6, 6.07) is 10.6. The Kier molecular flexibility index (Phi) is 3.92. The van der Waals surface area contributed by atoms with Gasteiger partial charge in [0.2, 0.25) is 0 Å². The predicted octanol–water partition coefficient (Wildman–Crippen LogP) is 2.40. The Bertz CT molecular complexity index is 957. The van der Waals surface area contributed by atoms with E-state index < -0.39 is 0 Å². The molecule has 1 unspecified atom stereocenters. The molecule has 2 aromatic heterocycles. The molecule has 1 atom stereocenters. The van der Waals surface area contributed by atoms with E-state index in [1.165, 1.54) is 5.56 Å². The number of benzene rings is 1. The number of fused-ring (bicyclic) bond motifs is 2. The molecule has 130 valence electrons. The Morgan fingerprint density at radius 1 is 1.20 bits per heavy atom. The van der Waals surface area contributed by atoms with Crippen LogP contribution in [0.4, 0.5) is 0 Å². The minimum atomic E-state index is 0.0260. The van der Waals surface area contributed by atoms with E-state index in [0.717, 1.165) is 18.8 Å². The summed E-state index contributed by atoms with van der Waals surface area (Å²) in [5, 5.41) is 4.99. The molecule has 6 heteroatoms. The second kappa shape index (κ2) is 6.11. The molecule has 0 saturated carbocycles. The number of hydrogen-bond donors (Lipinski definition) is 0. The van der Waals surface area contributed by atoms with Gasteiger partial charge in [0.05, 0.1) is 12.2 Å². The maximum Gasteiger partial charge on any atom is 0.264 e. The molecular weight excluding hydrogens is 314 g/mol. The smallest absolute Gasteiger partial charge is 0.264 e. The summed E-state index contributed by atoms with van der Waals surface area (Å²) in [7, 11) is 2.10. The molecule has 0 amide bonds. The van der Waals surface area contributed by atoms with E-state index in [1.54, 1.807) is 6.20 Å². The van der Waals surface area contributed by atoms with Crippen molar-refractivity contribution in [2.24, 2.45) is 0 Å². The largest absolute Gasteiger partial charge is 0.294 e. The third kappa shape index (κ3) is 2.66. The molecule has 0 aliphatic carbocycles. The van der Waals surface area contributed by atoms with Gasteiger partial charge in [-0.1, -0.05) is 30.3 Å². The molecule has 25 heavy (non-hydrogen) atoms. The molecule has 0 fully saturated rings. The van der Waals surface area contributed by atoms with E-state index in [2.05, 4.69) is 55.2 Å². The van der Waals surface area contributed by atoms with Crippen LogP contribution in [0.2, 0.25) is 0 Å². The van der Waals surface area contributed by atoms with Gasteiger partial charge in [0.25, 0.3) is 5.56 Å². The SMILES string of the molecule is CC(C)n1ncc2c(=O)n3c(nc21)C(Cc1ccccc1)N(C)CC3. The van der Waals surface area contributed by atoms with Crippen LogP contribution in [0, 0.1) is 0 Å². The number of aromatic nitrogens is 4. The normalized spacial score (nSPS) is 18.0. The number of likely N-dealkylation sites (N-methyl/N-ethyl adjacent to an activating group) is 1. The molecule has 1 aromatic carbocycles. The molecule has 3 aromatic rings. The molecule has 0 bridgehead atoms. The zero-order chi connectivity index (χ0) is 17.6. The lowest BCUT2D eigenvalue weighted by Crippen LogP contribution is -2.42. The fraction of sp³-hybridized carbons (Fsp3) is 0.421. The lowest BCUT2D eigenvalue weighted by Gasteiger charge is -2.34. The van der Waals surface area contributed by atoms with Crippen LogP contribution in [0.25, 0.3) is 11.0 Å². The van der Waals surface area contributed by atoms with Gasteiger partial charge in [-0.15, -0.1) is 0 Å². The Morgan fingerprint density at radius 3 is 2.68 bits per heavy atom. The molecule has 0 saturated heterocycles. The quantitative estimate of drug-likeness (QED) is 0.736. The first-order valence-corrected chi connectivity index (χ1v) is 8.78. The molecular formula is C19H23N5O. The summed E-state index contributed by atoms with van der Waals surface area (Å²) in [6.45, 7) is 5.62. The molecule has 6 nitrogen and oxygen atoms in total. The van der Waals surface area contributed by atoms with Crippen molar-refractivity contribution in [1.82, 2.24) is 24.2 Å².